The summed E-state index contributed by atoms with van der Waals surface area (Å²) in [6.45, 7) is -2.33. The molecule has 28 heteroatoms. The summed E-state index contributed by atoms with van der Waals surface area (Å²) in [5.41, 5.74) is -1.86. The fourth-order valence-electron chi connectivity index (χ4n) is 3.60. The molecular weight excluding hydrogens is 684 g/mol. The Balaban J connectivity index is 1.55. The summed E-state index contributed by atoms with van der Waals surface area (Å²) in [6.07, 6.45) is -13.2. The zero-order valence-electron chi connectivity index (χ0n) is 21.0. The molecule has 248 valence electrons. The zero-order valence-corrected chi connectivity index (χ0v) is 24.5. The Morgan fingerprint density at radius 1 is 0.767 bits per heavy atom. The van der Waals surface area contributed by atoms with E-state index in [2.05, 4.69) is 22.0 Å². The highest BCUT2D eigenvalue weighted by molar-refractivity contribution is 7.69. The largest absolute Gasteiger partial charge is 0.490 e. The van der Waals surface area contributed by atoms with Gasteiger partial charge in [0.05, 0.1) is 19.3 Å². The van der Waals surface area contributed by atoms with Crippen LogP contribution < -0.4 is 11.2 Å². The van der Waals surface area contributed by atoms with Crippen LogP contribution in [-0.2, 0) is 49.7 Å². The highest BCUT2D eigenvalue weighted by Gasteiger charge is 2.49. The van der Waals surface area contributed by atoms with Gasteiger partial charge in [-0.2, -0.15) is 12.9 Å². The molecule has 10 N–H and O–H groups in total. The molecule has 0 bridgehead atoms. The number of rotatable bonds is 13. The first kappa shape index (κ1) is 36.4. The smallest absolute Gasteiger partial charge is 0.390 e. The van der Waals surface area contributed by atoms with Crippen molar-refractivity contribution >= 4 is 31.3 Å². The number of nitrogens with one attached hydrogen (secondary N) is 1. The van der Waals surface area contributed by atoms with E-state index >= 15 is 0 Å². The Kier molecular flexibility index (Phi) is 11.7. The molecule has 0 radical (unpaired) electrons. The van der Waals surface area contributed by atoms with E-state index in [0.29, 0.717) is 4.57 Å². The molecule has 0 aliphatic carbocycles. The van der Waals surface area contributed by atoms with Crippen molar-refractivity contribution in [1.29, 1.82) is 0 Å². The number of aromatic amines is 1. The van der Waals surface area contributed by atoms with E-state index in [4.69, 9.17) is 9.47 Å². The van der Waals surface area contributed by atoms with Crippen LogP contribution in [0.4, 0.5) is 0 Å². The zero-order chi connectivity index (χ0) is 32.5. The number of H-pyrrole nitrogens is 1. The molecule has 1 aromatic heterocycles. The fourth-order valence-corrected chi connectivity index (χ4v) is 8.55. The van der Waals surface area contributed by atoms with Crippen molar-refractivity contribution in [2.45, 2.75) is 55.6 Å². The van der Waals surface area contributed by atoms with E-state index < -0.39 is 111 Å². The Morgan fingerprint density at radius 3 is 1.77 bits per heavy atom. The molecule has 3 rings (SSSR count). The van der Waals surface area contributed by atoms with Crippen molar-refractivity contribution in [3.8, 4) is 0 Å². The molecule has 0 saturated carbocycles. The molecule has 2 fully saturated rings. The number of ether oxygens (including phenoxy) is 2. The number of aliphatic hydroxyl groups is 5. The maximum absolute atomic E-state index is 12.1. The average molecular weight is 710 g/mol. The first-order valence-corrected chi connectivity index (χ1v) is 17.4. The van der Waals surface area contributed by atoms with Crippen molar-refractivity contribution in [1.82, 2.24) is 9.55 Å². The van der Waals surface area contributed by atoms with Crippen LogP contribution in [0.5, 0.6) is 0 Å². The van der Waals surface area contributed by atoms with Gasteiger partial charge in [0.1, 0.15) is 30.5 Å². The normalized spacial score (nSPS) is 35.4. The second kappa shape index (κ2) is 13.8. The number of aromatic nitrogens is 2. The van der Waals surface area contributed by atoms with Gasteiger partial charge < -0.3 is 54.6 Å². The summed E-state index contributed by atoms with van der Waals surface area (Å²) in [7, 11) is -23.8. The molecule has 0 aromatic carbocycles. The summed E-state index contributed by atoms with van der Waals surface area (Å²) in [5.74, 6) is 0. The van der Waals surface area contributed by atoms with Gasteiger partial charge in [0.25, 0.3) is 5.56 Å². The van der Waals surface area contributed by atoms with E-state index in [1.807, 2.05) is 4.98 Å². The molecule has 0 spiro atoms. The number of hydrogen-bond donors (Lipinski definition) is 10. The second-order valence-electron chi connectivity index (χ2n) is 8.70. The molecule has 2 aliphatic rings. The summed E-state index contributed by atoms with van der Waals surface area (Å²) in [6, 6.07) is 0.875. The highest BCUT2D eigenvalue weighted by Crippen LogP contribution is 2.71. The van der Waals surface area contributed by atoms with Gasteiger partial charge in [-0.25, -0.2) is 23.1 Å². The van der Waals surface area contributed by atoms with Gasteiger partial charge in [-0.05, 0) is 0 Å². The molecule has 1 aromatic rings. The van der Waals surface area contributed by atoms with Gasteiger partial charge in [-0.15, -0.1) is 0 Å². The van der Waals surface area contributed by atoms with Gasteiger partial charge in [-0.3, -0.25) is 23.4 Å². The van der Waals surface area contributed by atoms with Gasteiger partial charge in [0.15, 0.2) is 12.5 Å². The van der Waals surface area contributed by atoms with Gasteiger partial charge in [0, 0.05) is 18.7 Å². The number of phosphoric ester groups is 2. The third-order valence-corrected chi connectivity index (χ3v) is 11.3. The third kappa shape index (κ3) is 10.2. The van der Waals surface area contributed by atoms with Crippen molar-refractivity contribution < 1.29 is 94.8 Å². The predicted molar refractivity (Wildman–Crippen MR) is 129 cm³/mol. The molecular formula is C15H26N2O22P4. The Hall–Kier alpha value is -1.04. The van der Waals surface area contributed by atoms with Crippen LogP contribution in [0.15, 0.2) is 21.9 Å². The minimum absolute atomic E-state index is 0.427. The van der Waals surface area contributed by atoms with E-state index in [-0.39, 0.29) is 0 Å². The quantitative estimate of drug-likeness (QED) is 0.0886. The monoisotopic (exact) mass is 710 g/mol. The Morgan fingerprint density at radius 2 is 1.26 bits per heavy atom. The van der Waals surface area contributed by atoms with Crippen LogP contribution in [-0.4, -0.2) is 111 Å². The lowest BCUT2D eigenvalue weighted by molar-refractivity contribution is -0.238. The molecule has 43 heavy (non-hydrogen) atoms. The van der Waals surface area contributed by atoms with E-state index in [0.717, 1.165) is 12.3 Å². The van der Waals surface area contributed by atoms with Gasteiger partial charge in [0.2, 0.25) is 0 Å². The Bertz CT molecular complexity index is 1450. The summed E-state index contributed by atoms with van der Waals surface area (Å²) < 4.78 is 78.6. The summed E-state index contributed by atoms with van der Waals surface area (Å²) >= 11 is 0. The molecule has 12 atom stereocenters. The lowest BCUT2D eigenvalue weighted by Gasteiger charge is -2.34. The fraction of sp³-hybridized carbons (Fsp3) is 0.733. The maximum Gasteiger partial charge on any atom is 0.490 e. The Labute approximate surface area is 238 Å². The first-order chi connectivity index (χ1) is 19.6. The molecule has 3 heterocycles. The topological polar surface area (TPSA) is 370 Å². The highest BCUT2D eigenvalue weighted by atomic mass is 31.3. The molecule has 0 amide bonds. The van der Waals surface area contributed by atoms with Crippen molar-refractivity contribution in [2.75, 3.05) is 13.2 Å². The van der Waals surface area contributed by atoms with Crippen LogP contribution in [0.25, 0.3) is 0 Å². The SMILES string of the molecule is O=c1ccn([C@@H]2O[C@H](COP(=O)(O)OP(=O)(O)OP(=O)(O)OP(=O)(O)OC[C@H]3OC(O)C[C@@H](O)[C@@H]3O)[C@@H](O)[C@H]2O)c(=O)[nH]1. The number of nitrogens with zero attached hydrogens (tertiary/aromatic N) is 1. The van der Waals surface area contributed by atoms with Crippen molar-refractivity contribution in [3.63, 3.8) is 0 Å². The summed E-state index contributed by atoms with van der Waals surface area (Å²) in [4.78, 5) is 63.5. The van der Waals surface area contributed by atoms with E-state index in [1.165, 1.54) is 0 Å². The number of phosphoric acid groups is 4. The van der Waals surface area contributed by atoms with Crippen LogP contribution in [0.2, 0.25) is 0 Å². The van der Waals surface area contributed by atoms with Crippen LogP contribution >= 0.6 is 31.3 Å². The van der Waals surface area contributed by atoms with Crippen molar-refractivity contribution in [2.24, 2.45) is 0 Å². The molecule has 5 unspecified atom stereocenters. The minimum Gasteiger partial charge on any atom is -0.390 e. The first-order valence-electron chi connectivity index (χ1n) is 11.4. The van der Waals surface area contributed by atoms with E-state index in [1.54, 1.807) is 0 Å². The van der Waals surface area contributed by atoms with E-state index in [9.17, 15) is 73.0 Å². The summed E-state index contributed by atoms with van der Waals surface area (Å²) in [5, 5.41) is 49.0. The minimum atomic E-state index is -6.18. The maximum atomic E-state index is 12.1. The van der Waals surface area contributed by atoms with Crippen LogP contribution in [0, 0.1) is 0 Å². The predicted octanol–water partition coefficient (Wildman–Crippen LogP) is -3.53. The lowest BCUT2D eigenvalue weighted by atomic mass is 10.0. The molecule has 2 aliphatic heterocycles. The van der Waals surface area contributed by atoms with Crippen LogP contribution in [0.3, 0.4) is 0 Å². The standard InChI is InChI=1S/C15H26N2O22P4/c18-6-3-10(20)35-7(11(6)21)4-33-40(25,26)37-42(29,30)39-43(31,32)38-41(27,28)34-5-8-12(22)13(23)14(36-8)17-2-1-9(19)16-15(17)24/h1-2,6-8,10-14,18,20-23H,3-5H2,(H,25,26)(H,27,28)(H,29,30)(H,31,32)(H,16,19,24)/t6-,7-,8-,10?,11+,12-,13-,14-/m1/s1. The molecule has 24 nitrogen and oxygen atoms in total. The number of aliphatic hydroxyl groups excluding tert-OH is 5. The average Bonchev–Trinajstić information content (AvgIpc) is 3.10. The second-order valence-corrected chi connectivity index (χ2v) is 14.9. The van der Waals surface area contributed by atoms with Gasteiger partial charge >= 0.3 is 37.0 Å². The van der Waals surface area contributed by atoms with Crippen molar-refractivity contribution in [3.05, 3.63) is 33.1 Å². The third-order valence-electron chi connectivity index (χ3n) is 5.44. The number of hydrogen-bond acceptors (Lipinski definition) is 18. The molecule has 2 saturated heterocycles. The lowest BCUT2D eigenvalue weighted by Crippen LogP contribution is -2.50. The van der Waals surface area contributed by atoms with Crippen LogP contribution in [0.1, 0.15) is 12.6 Å². The van der Waals surface area contributed by atoms with Gasteiger partial charge in [-0.1, -0.05) is 0 Å².